The zero-order valence-corrected chi connectivity index (χ0v) is 11.6. The lowest BCUT2D eigenvalue weighted by Crippen LogP contribution is -2.32. The number of carbonyl (C=O) groups excluding carboxylic acids is 1. The molecule has 0 fully saturated rings. The number of likely N-dealkylation sites (N-methyl/N-ethyl adjacent to an activating group) is 1. The van der Waals surface area contributed by atoms with Crippen molar-refractivity contribution in [2.75, 3.05) is 32.6 Å². The molecule has 18 heavy (non-hydrogen) atoms. The van der Waals surface area contributed by atoms with Crippen LogP contribution in [0, 0.1) is 0 Å². The molecular weight excluding hydrogens is 228 g/mol. The van der Waals surface area contributed by atoms with E-state index in [2.05, 4.69) is 10.2 Å². The molecule has 0 radical (unpaired) electrons. The molecule has 0 amide bonds. The largest absolute Gasteiger partial charge is 0.492 e. The van der Waals surface area contributed by atoms with Gasteiger partial charge in [0.2, 0.25) is 0 Å². The van der Waals surface area contributed by atoms with E-state index in [-0.39, 0.29) is 0 Å². The van der Waals surface area contributed by atoms with Gasteiger partial charge < -0.3 is 19.7 Å². The third-order valence-electron chi connectivity index (χ3n) is 2.42. The van der Waals surface area contributed by atoms with Crippen LogP contribution in [0.4, 0.5) is 5.69 Å². The third-order valence-corrected chi connectivity index (χ3v) is 2.42. The summed E-state index contributed by atoms with van der Waals surface area (Å²) in [7, 11) is 4.02. The maximum Gasteiger partial charge on any atom is 0.144 e. The second-order valence-corrected chi connectivity index (χ2v) is 5.14. The quantitative estimate of drug-likeness (QED) is 0.752. The van der Waals surface area contributed by atoms with Crippen molar-refractivity contribution in [2.24, 2.45) is 0 Å². The number of anilines is 1. The number of carbonyl (C=O) groups is 1. The number of aldehydes is 1. The first-order chi connectivity index (χ1) is 8.43. The molecule has 4 heteroatoms. The predicted molar refractivity (Wildman–Crippen MR) is 74.3 cm³/mol. The molecule has 0 aliphatic heterocycles. The number of hydrogen-bond donors (Lipinski definition) is 1. The van der Waals surface area contributed by atoms with Crippen LogP contribution in [0.1, 0.15) is 13.8 Å². The second-order valence-electron chi connectivity index (χ2n) is 5.14. The lowest BCUT2D eigenvalue weighted by molar-refractivity contribution is -0.110. The molecule has 0 saturated heterocycles. The van der Waals surface area contributed by atoms with Crippen molar-refractivity contribution in [3.63, 3.8) is 0 Å². The molecule has 0 aliphatic carbocycles. The van der Waals surface area contributed by atoms with Crippen LogP contribution >= 0.6 is 0 Å². The van der Waals surface area contributed by atoms with Crippen LogP contribution in [-0.2, 0) is 4.79 Å². The van der Waals surface area contributed by atoms with Gasteiger partial charge in [-0.15, -0.1) is 0 Å². The Kier molecular flexibility index (Phi) is 5.16. The summed E-state index contributed by atoms with van der Waals surface area (Å²) < 4.78 is 5.59. The second kappa shape index (κ2) is 6.40. The van der Waals surface area contributed by atoms with Crippen LogP contribution < -0.4 is 10.1 Å². The summed E-state index contributed by atoms with van der Waals surface area (Å²) in [5, 5.41) is 3.14. The number of hydrogen-bond acceptors (Lipinski definition) is 4. The normalized spacial score (nSPS) is 11.4. The van der Waals surface area contributed by atoms with Crippen molar-refractivity contribution in [3.05, 3.63) is 24.3 Å². The predicted octanol–water partition coefficient (Wildman–Crippen LogP) is 2.02. The molecule has 0 aliphatic rings. The summed E-state index contributed by atoms with van der Waals surface area (Å²) >= 11 is 0. The van der Waals surface area contributed by atoms with E-state index in [9.17, 15) is 4.79 Å². The van der Waals surface area contributed by atoms with E-state index in [0.29, 0.717) is 6.61 Å². The smallest absolute Gasteiger partial charge is 0.144 e. The summed E-state index contributed by atoms with van der Waals surface area (Å²) in [6, 6.07) is 7.63. The van der Waals surface area contributed by atoms with Gasteiger partial charge in [-0.1, -0.05) is 0 Å². The molecule has 1 aromatic carbocycles. The van der Waals surface area contributed by atoms with Gasteiger partial charge in [0.15, 0.2) is 0 Å². The topological polar surface area (TPSA) is 41.6 Å². The Morgan fingerprint density at radius 3 is 2.39 bits per heavy atom. The van der Waals surface area contributed by atoms with E-state index >= 15 is 0 Å². The summed E-state index contributed by atoms with van der Waals surface area (Å²) in [5.41, 5.74) is 0.361. The Morgan fingerprint density at radius 2 is 1.89 bits per heavy atom. The zero-order valence-electron chi connectivity index (χ0n) is 11.6. The SMILES string of the molecule is CN(C)CCOc1ccc(NC(C)(C)C=O)cc1. The molecule has 1 N–H and O–H groups in total. The molecule has 0 spiro atoms. The Balaban J connectivity index is 2.50. The first kappa shape index (κ1) is 14.5. The molecule has 0 saturated carbocycles. The number of nitrogens with zero attached hydrogens (tertiary/aromatic N) is 1. The fraction of sp³-hybridized carbons (Fsp3) is 0.500. The van der Waals surface area contributed by atoms with Crippen molar-refractivity contribution in [1.29, 1.82) is 0 Å². The fourth-order valence-corrected chi connectivity index (χ4v) is 1.38. The Bertz CT molecular complexity index is 372. The average Bonchev–Trinajstić information content (AvgIpc) is 2.31. The first-order valence-electron chi connectivity index (χ1n) is 6.05. The van der Waals surface area contributed by atoms with E-state index in [1.165, 1.54) is 0 Å². The number of nitrogens with one attached hydrogen (secondary N) is 1. The van der Waals surface area contributed by atoms with Crippen LogP contribution in [0.15, 0.2) is 24.3 Å². The lowest BCUT2D eigenvalue weighted by Gasteiger charge is -2.20. The third kappa shape index (κ3) is 5.19. The van der Waals surface area contributed by atoms with Crippen LogP contribution in [0.2, 0.25) is 0 Å². The van der Waals surface area contributed by atoms with E-state index in [1.54, 1.807) is 0 Å². The molecule has 0 unspecified atom stereocenters. The maximum atomic E-state index is 10.8. The lowest BCUT2D eigenvalue weighted by atomic mass is 10.1. The zero-order chi connectivity index (χ0) is 13.6. The van der Waals surface area contributed by atoms with Gasteiger partial charge in [0, 0.05) is 12.2 Å². The molecule has 0 bridgehead atoms. The van der Waals surface area contributed by atoms with Crippen molar-refractivity contribution in [3.8, 4) is 5.75 Å². The number of benzene rings is 1. The van der Waals surface area contributed by atoms with Crippen molar-refractivity contribution in [2.45, 2.75) is 19.4 Å². The summed E-state index contributed by atoms with van der Waals surface area (Å²) in [4.78, 5) is 12.9. The molecule has 0 atom stereocenters. The Labute approximate surface area is 109 Å². The minimum absolute atomic E-state index is 0.548. The highest BCUT2D eigenvalue weighted by atomic mass is 16.5. The van der Waals surface area contributed by atoms with Gasteiger partial charge in [0.25, 0.3) is 0 Å². The van der Waals surface area contributed by atoms with Crippen LogP contribution in [0.3, 0.4) is 0 Å². The van der Waals surface area contributed by atoms with Gasteiger partial charge in [-0.05, 0) is 52.2 Å². The van der Waals surface area contributed by atoms with Gasteiger partial charge in [-0.3, -0.25) is 0 Å². The molecule has 4 nitrogen and oxygen atoms in total. The van der Waals surface area contributed by atoms with Crippen molar-refractivity contribution >= 4 is 12.0 Å². The van der Waals surface area contributed by atoms with Gasteiger partial charge in [0.05, 0.1) is 5.54 Å². The highest BCUT2D eigenvalue weighted by Crippen LogP contribution is 2.18. The van der Waals surface area contributed by atoms with E-state index in [0.717, 1.165) is 24.3 Å². The van der Waals surface area contributed by atoms with Gasteiger partial charge in [-0.2, -0.15) is 0 Å². The van der Waals surface area contributed by atoms with Crippen LogP contribution in [0.25, 0.3) is 0 Å². The molecule has 100 valence electrons. The Morgan fingerprint density at radius 1 is 1.28 bits per heavy atom. The van der Waals surface area contributed by atoms with Gasteiger partial charge >= 0.3 is 0 Å². The van der Waals surface area contributed by atoms with Crippen LogP contribution in [-0.4, -0.2) is 44.0 Å². The molecule has 1 rings (SSSR count). The molecule has 0 heterocycles. The van der Waals surface area contributed by atoms with E-state index in [1.807, 2.05) is 52.2 Å². The minimum Gasteiger partial charge on any atom is -0.492 e. The molecule has 0 aromatic heterocycles. The monoisotopic (exact) mass is 250 g/mol. The number of ether oxygens (including phenoxy) is 1. The molecular formula is C14H22N2O2. The highest BCUT2D eigenvalue weighted by molar-refractivity contribution is 5.69. The van der Waals surface area contributed by atoms with Crippen molar-refractivity contribution in [1.82, 2.24) is 4.90 Å². The van der Waals surface area contributed by atoms with Crippen molar-refractivity contribution < 1.29 is 9.53 Å². The van der Waals surface area contributed by atoms with E-state index < -0.39 is 5.54 Å². The van der Waals surface area contributed by atoms with Gasteiger partial charge in [0.1, 0.15) is 18.6 Å². The summed E-state index contributed by atoms with van der Waals surface area (Å²) in [6.07, 6.45) is 0.897. The van der Waals surface area contributed by atoms with E-state index in [4.69, 9.17) is 4.74 Å². The fourth-order valence-electron chi connectivity index (χ4n) is 1.38. The van der Waals surface area contributed by atoms with Gasteiger partial charge in [-0.25, -0.2) is 0 Å². The standard InChI is InChI=1S/C14H22N2O2/c1-14(2,11-17)15-12-5-7-13(8-6-12)18-10-9-16(3)4/h5-8,11,15H,9-10H2,1-4H3. The summed E-state index contributed by atoms with van der Waals surface area (Å²) in [5.74, 6) is 0.839. The average molecular weight is 250 g/mol. The maximum absolute atomic E-state index is 10.8. The summed E-state index contributed by atoms with van der Waals surface area (Å²) in [6.45, 7) is 5.22. The molecule has 1 aromatic rings. The highest BCUT2D eigenvalue weighted by Gasteiger charge is 2.15. The van der Waals surface area contributed by atoms with Crippen LogP contribution in [0.5, 0.6) is 5.75 Å². The number of rotatable bonds is 7. The minimum atomic E-state index is -0.548. The first-order valence-corrected chi connectivity index (χ1v) is 6.05. The Hall–Kier alpha value is -1.55.